The van der Waals surface area contributed by atoms with Gasteiger partial charge in [0.05, 0.1) is 24.2 Å². The summed E-state index contributed by atoms with van der Waals surface area (Å²) in [4.78, 5) is 38.8. The molecular formula is C34H38N2O6. The van der Waals surface area contributed by atoms with E-state index >= 15 is 0 Å². The molecule has 5 rings (SSSR count). The molecular weight excluding hydrogens is 532 g/mol. The summed E-state index contributed by atoms with van der Waals surface area (Å²) in [5.41, 5.74) is 4.56. The summed E-state index contributed by atoms with van der Waals surface area (Å²) in [5, 5.41) is 15.6. The molecule has 1 saturated carbocycles. The molecule has 42 heavy (non-hydrogen) atoms. The molecule has 0 aliphatic heterocycles. The summed E-state index contributed by atoms with van der Waals surface area (Å²) in [6.07, 6.45) is 1.38. The van der Waals surface area contributed by atoms with Crippen molar-refractivity contribution in [1.29, 1.82) is 0 Å². The van der Waals surface area contributed by atoms with Gasteiger partial charge in [-0.05, 0) is 54.5 Å². The third-order valence-electron chi connectivity index (χ3n) is 8.64. The molecule has 2 aliphatic rings. The SMILES string of the molecule is CC(OCc1ccccc1)C(NC(=O)C1CCCCC1(C)NC(=O)OCC1c2ccccc2-c2ccccc21)C(=O)O. The molecule has 2 amide bonds. The molecule has 3 aromatic carbocycles. The first-order valence-electron chi connectivity index (χ1n) is 14.6. The lowest BCUT2D eigenvalue weighted by Crippen LogP contribution is -2.60. The molecule has 220 valence electrons. The van der Waals surface area contributed by atoms with Gasteiger partial charge < -0.3 is 25.2 Å². The van der Waals surface area contributed by atoms with Gasteiger partial charge in [0.1, 0.15) is 6.61 Å². The standard InChI is InChI=1S/C34H38N2O6/c1-22(41-20-23-12-4-3-5-13-23)30(32(38)39)35-31(37)29-18-10-11-19-34(29,2)36-33(40)42-21-28-26-16-8-6-14-24(26)25-15-7-9-17-27(25)28/h3-9,12-17,22,28-30H,10-11,18-21H2,1-2H3,(H,35,37)(H,36,40)(H,38,39). The zero-order valence-corrected chi connectivity index (χ0v) is 24.0. The first-order chi connectivity index (χ1) is 20.3. The summed E-state index contributed by atoms with van der Waals surface area (Å²) in [6.45, 7) is 3.87. The molecule has 0 aromatic heterocycles. The van der Waals surface area contributed by atoms with Gasteiger partial charge in [0, 0.05) is 5.92 Å². The van der Waals surface area contributed by atoms with Crippen LogP contribution in [0.25, 0.3) is 11.1 Å². The fourth-order valence-electron chi connectivity index (χ4n) is 6.30. The van der Waals surface area contributed by atoms with Crippen molar-refractivity contribution in [2.24, 2.45) is 5.92 Å². The average Bonchev–Trinajstić information content (AvgIpc) is 3.31. The van der Waals surface area contributed by atoms with Crippen molar-refractivity contribution >= 4 is 18.0 Å². The lowest BCUT2D eigenvalue weighted by Gasteiger charge is -2.41. The van der Waals surface area contributed by atoms with Crippen molar-refractivity contribution < 1.29 is 29.0 Å². The maximum absolute atomic E-state index is 13.5. The number of hydrogen-bond donors (Lipinski definition) is 3. The molecule has 3 aromatic rings. The molecule has 0 radical (unpaired) electrons. The minimum atomic E-state index is -1.23. The van der Waals surface area contributed by atoms with E-state index in [1.54, 1.807) is 6.92 Å². The zero-order valence-electron chi connectivity index (χ0n) is 24.0. The molecule has 8 heteroatoms. The van der Waals surface area contributed by atoms with Gasteiger partial charge >= 0.3 is 12.1 Å². The largest absolute Gasteiger partial charge is 0.480 e. The van der Waals surface area contributed by atoms with Crippen LogP contribution in [-0.2, 0) is 25.7 Å². The quantitative estimate of drug-likeness (QED) is 0.290. The van der Waals surface area contributed by atoms with Crippen LogP contribution in [0.4, 0.5) is 4.79 Å². The van der Waals surface area contributed by atoms with Crippen LogP contribution < -0.4 is 10.6 Å². The van der Waals surface area contributed by atoms with E-state index in [1.807, 2.05) is 61.5 Å². The minimum absolute atomic E-state index is 0.0740. The van der Waals surface area contributed by atoms with Crippen LogP contribution >= 0.6 is 0 Å². The number of fused-ring (bicyclic) bond motifs is 3. The number of alkyl carbamates (subject to hydrolysis) is 1. The molecule has 0 saturated heterocycles. The Balaban J connectivity index is 1.22. The van der Waals surface area contributed by atoms with Gasteiger partial charge in [-0.3, -0.25) is 4.79 Å². The Morgan fingerprint density at radius 2 is 1.55 bits per heavy atom. The summed E-state index contributed by atoms with van der Waals surface area (Å²) in [6, 6.07) is 24.5. The highest BCUT2D eigenvalue weighted by Crippen LogP contribution is 2.44. The van der Waals surface area contributed by atoms with Crippen molar-refractivity contribution in [1.82, 2.24) is 10.6 Å². The maximum Gasteiger partial charge on any atom is 0.407 e. The van der Waals surface area contributed by atoms with Gasteiger partial charge in [-0.25, -0.2) is 9.59 Å². The lowest BCUT2D eigenvalue weighted by molar-refractivity contribution is -0.148. The van der Waals surface area contributed by atoms with Gasteiger partial charge in [-0.15, -0.1) is 0 Å². The van der Waals surface area contributed by atoms with E-state index in [-0.39, 0.29) is 19.1 Å². The Morgan fingerprint density at radius 3 is 2.19 bits per heavy atom. The Bertz CT molecular complexity index is 1380. The Labute approximate surface area is 246 Å². The number of rotatable bonds is 10. The van der Waals surface area contributed by atoms with Crippen LogP contribution in [0.3, 0.4) is 0 Å². The van der Waals surface area contributed by atoms with E-state index < -0.39 is 41.6 Å². The van der Waals surface area contributed by atoms with Gasteiger partial charge in [0.25, 0.3) is 0 Å². The number of carbonyl (C=O) groups excluding carboxylic acids is 2. The summed E-state index contributed by atoms with van der Waals surface area (Å²) < 4.78 is 11.6. The van der Waals surface area contributed by atoms with Crippen LogP contribution in [-0.4, -0.2) is 47.4 Å². The normalized spacial score (nSPS) is 21.0. The monoisotopic (exact) mass is 570 g/mol. The molecule has 0 bridgehead atoms. The van der Waals surface area contributed by atoms with Crippen molar-refractivity contribution in [2.45, 2.75) is 69.7 Å². The molecule has 0 spiro atoms. The fourth-order valence-corrected chi connectivity index (χ4v) is 6.30. The van der Waals surface area contributed by atoms with Gasteiger partial charge in [0.15, 0.2) is 6.04 Å². The van der Waals surface area contributed by atoms with E-state index in [9.17, 15) is 19.5 Å². The third kappa shape index (κ3) is 6.34. The van der Waals surface area contributed by atoms with Gasteiger partial charge in [-0.2, -0.15) is 0 Å². The first-order valence-corrected chi connectivity index (χ1v) is 14.6. The predicted molar refractivity (Wildman–Crippen MR) is 159 cm³/mol. The Kier molecular flexibility index (Phi) is 8.92. The second kappa shape index (κ2) is 12.8. The minimum Gasteiger partial charge on any atom is -0.480 e. The molecule has 0 heterocycles. The van der Waals surface area contributed by atoms with Gasteiger partial charge in [0.2, 0.25) is 5.91 Å². The number of carbonyl (C=O) groups is 3. The molecule has 8 nitrogen and oxygen atoms in total. The lowest BCUT2D eigenvalue weighted by atomic mass is 9.73. The number of carboxylic acid groups (broad SMARTS) is 1. The first kappa shape index (κ1) is 29.3. The van der Waals surface area contributed by atoms with Crippen LogP contribution in [0.1, 0.15) is 62.1 Å². The highest BCUT2D eigenvalue weighted by Gasteiger charge is 2.44. The van der Waals surface area contributed by atoms with E-state index in [2.05, 4.69) is 34.9 Å². The highest BCUT2D eigenvalue weighted by molar-refractivity contribution is 5.87. The van der Waals surface area contributed by atoms with Crippen molar-refractivity contribution in [3.05, 3.63) is 95.6 Å². The summed E-state index contributed by atoms with van der Waals surface area (Å²) in [5.74, 6) is -2.28. The van der Waals surface area contributed by atoms with Crippen LogP contribution in [0.2, 0.25) is 0 Å². The number of nitrogens with one attached hydrogen (secondary N) is 2. The predicted octanol–water partition coefficient (Wildman–Crippen LogP) is 5.65. The van der Waals surface area contributed by atoms with Gasteiger partial charge in [-0.1, -0.05) is 91.7 Å². The number of aliphatic carboxylic acids is 1. The molecule has 4 unspecified atom stereocenters. The van der Waals surface area contributed by atoms with Crippen molar-refractivity contribution in [3.63, 3.8) is 0 Å². The number of hydrogen-bond acceptors (Lipinski definition) is 5. The van der Waals surface area contributed by atoms with E-state index in [4.69, 9.17) is 9.47 Å². The van der Waals surface area contributed by atoms with Crippen LogP contribution in [0.15, 0.2) is 78.9 Å². The molecule has 2 aliphatic carbocycles. The smallest absolute Gasteiger partial charge is 0.407 e. The molecule has 1 fully saturated rings. The van der Waals surface area contributed by atoms with Crippen LogP contribution in [0, 0.1) is 5.92 Å². The topological polar surface area (TPSA) is 114 Å². The third-order valence-corrected chi connectivity index (χ3v) is 8.64. The number of carboxylic acids is 1. The Hall–Kier alpha value is -4.17. The average molecular weight is 571 g/mol. The zero-order chi connectivity index (χ0) is 29.7. The van der Waals surface area contributed by atoms with Crippen molar-refractivity contribution in [3.8, 4) is 11.1 Å². The van der Waals surface area contributed by atoms with Crippen LogP contribution in [0.5, 0.6) is 0 Å². The fraction of sp³-hybridized carbons (Fsp3) is 0.382. The Morgan fingerprint density at radius 1 is 0.929 bits per heavy atom. The van der Waals surface area contributed by atoms with Crippen molar-refractivity contribution in [2.75, 3.05) is 6.61 Å². The van der Waals surface area contributed by atoms with E-state index in [1.165, 1.54) is 0 Å². The summed E-state index contributed by atoms with van der Waals surface area (Å²) in [7, 11) is 0. The highest BCUT2D eigenvalue weighted by atomic mass is 16.5. The maximum atomic E-state index is 13.5. The van der Waals surface area contributed by atoms with E-state index in [0.717, 1.165) is 40.7 Å². The molecule has 3 N–H and O–H groups in total. The van der Waals surface area contributed by atoms with E-state index in [0.29, 0.717) is 12.8 Å². The molecule has 4 atom stereocenters. The number of amides is 2. The second-order valence-electron chi connectivity index (χ2n) is 11.5. The summed E-state index contributed by atoms with van der Waals surface area (Å²) >= 11 is 0. The number of benzene rings is 3. The number of ether oxygens (including phenoxy) is 2. The second-order valence-corrected chi connectivity index (χ2v) is 11.5.